The van der Waals surface area contributed by atoms with Gasteiger partial charge in [0, 0.05) is 0 Å². The third-order valence-corrected chi connectivity index (χ3v) is 6.46. The van der Waals surface area contributed by atoms with Crippen molar-refractivity contribution in [2.75, 3.05) is 0 Å². The Bertz CT molecular complexity index is 877. The summed E-state index contributed by atoms with van der Waals surface area (Å²) in [5.74, 6) is 0. The highest BCUT2D eigenvalue weighted by atomic mass is 16.3. The van der Waals surface area contributed by atoms with E-state index < -0.39 is 0 Å². The number of aryl methyl sites for hydroxylation is 1. The van der Waals surface area contributed by atoms with E-state index in [0.717, 1.165) is 51.4 Å². The normalized spacial score (nSPS) is 14.0. The van der Waals surface area contributed by atoms with Crippen LogP contribution >= 0.6 is 0 Å². The van der Waals surface area contributed by atoms with Crippen molar-refractivity contribution in [3.8, 4) is 0 Å². The van der Waals surface area contributed by atoms with Crippen molar-refractivity contribution in [1.29, 1.82) is 0 Å². The van der Waals surface area contributed by atoms with Crippen molar-refractivity contribution in [1.82, 2.24) is 0 Å². The summed E-state index contributed by atoms with van der Waals surface area (Å²) in [6.45, 7) is 15.7. The Labute approximate surface area is 217 Å². The standard InChI is InChI=1S/C34H52O/c1-28(2)23-24-33(7)20-11-19-31(5)16-9-15-29(3)13-8-14-30(4)17-10-18-32(6)21-12-22-34-25-26-35-27-34/h13,16-17,20-21,23,25-27H,8-12,14-15,18-19,22,24H2,1-7H3/b29-13+,30-17+,31-16+,32-21+,33-20+. The van der Waals surface area contributed by atoms with Crippen molar-refractivity contribution in [3.05, 3.63) is 94.1 Å². The summed E-state index contributed by atoms with van der Waals surface area (Å²) in [6.07, 6.45) is 30.6. The van der Waals surface area contributed by atoms with Gasteiger partial charge in [-0.1, -0.05) is 69.9 Å². The molecule has 1 heterocycles. The van der Waals surface area contributed by atoms with Gasteiger partial charge >= 0.3 is 0 Å². The fraction of sp³-hybridized carbons (Fsp3) is 0.529. The molecule has 0 saturated carbocycles. The number of rotatable bonds is 17. The van der Waals surface area contributed by atoms with Crippen LogP contribution in [0.15, 0.2) is 92.9 Å². The Hall–Kier alpha value is -2.28. The molecule has 1 heteroatoms. The lowest BCUT2D eigenvalue weighted by molar-refractivity contribution is 0.564. The smallest absolute Gasteiger partial charge is 0.0934 e. The van der Waals surface area contributed by atoms with Crippen LogP contribution in [-0.2, 0) is 6.42 Å². The van der Waals surface area contributed by atoms with Crippen LogP contribution in [0.5, 0.6) is 0 Å². The SMILES string of the molecule is CC(C)=CC/C(C)=C/CC/C(C)=C/CC/C(C)=C/CC/C(C)=C/CC/C(C)=C/CCc1ccoc1. The summed E-state index contributed by atoms with van der Waals surface area (Å²) in [6, 6.07) is 2.05. The van der Waals surface area contributed by atoms with E-state index in [1.165, 1.54) is 58.3 Å². The van der Waals surface area contributed by atoms with Crippen LogP contribution in [0, 0.1) is 0 Å². The molecule has 0 bridgehead atoms. The average Bonchev–Trinajstić information content (AvgIpc) is 3.31. The van der Waals surface area contributed by atoms with Gasteiger partial charge in [-0.25, -0.2) is 0 Å². The quantitative estimate of drug-likeness (QED) is 0.204. The summed E-state index contributed by atoms with van der Waals surface area (Å²) in [5, 5.41) is 0. The molecule has 0 unspecified atom stereocenters. The number of hydrogen-bond acceptors (Lipinski definition) is 1. The fourth-order valence-corrected chi connectivity index (χ4v) is 3.96. The van der Waals surface area contributed by atoms with E-state index >= 15 is 0 Å². The molecule has 0 aromatic carbocycles. The summed E-state index contributed by atoms with van der Waals surface area (Å²) in [5.41, 5.74) is 10.2. The molecule has 1 aromatic rings. The van der Waals surface area contributed by atoms with Gasteiger partial charge in [-0.3, -0.25) is 0 Å². The van der Waals surface area contributed by atoms with Crippen LogP contribution in [0.25, 0.3) is 0 Å². The predicted octanol–water partition coefficient (Wildman–Crippen LogP) is 11.4. The molecule has 1 aromatic heterocycles. The van der Waals surface area contributed by atoms with Crippen LogP contribution < -0.4 is 0 Å². The Morgan fingerprint density at radius 2 is 1.00 bits per heavy atom. The molecule has 0 N–H and O–H groups in total. The molecule has 0 fully saturated rings. The Morgan fingerprint density at radius 1 is 0.571 bits per heavy atom. The van der Waals surface area contributed by atoms with Gasteiger partial charge in [0.2, 0.25) is 0 Å². The molecular formula is C34H52O. The molecule has 1 nitrogen and oxygen atoms in total. The lowest BCUT2D eigenvalue weighted by Crippen LogP contribution is -1.84. The van der Waals surface area contributed by atoms with Gasteiger partial charge in [-0.05, 0) is 131 Å². The largest absolute Gasteiger partial charge is 0.472 e. The maximum Gasteiger partial charge on any atom is 0.0934 e. The Morgan fingerprint density at radius 3 is 1.40 bits per heavy atom. The highest BCUT2D eigenvalue weighted by molar-refractivity contribution is 5.11. The van der Waals surface area contributed by atoms with E-state index in [1.54, 1.807) is 6.26 Å². The topological polar surface area (TPSA) is 13.1 Å². The number of hydrogen-bond donors (Lipinski definition) is 0. The van der Waals surface area contributed by atoms with Crippen LogP contribution in [-0.4, -0.2) is 0 Å². The lowest BCUT2D eigenvalue weighted by atomic mass is 10.0. The number of allylic oxidation sites excluding steroid dienone is 12. The van der Waals surface area contributed by atoms with E-state index in [2.05, 4.69) is 91.0 Å². The van der Waals surface area contributed by atoms with Gasteiger partial charge in [-0.15, -0.1) is 0 Å². The molecular weight excluding hydrogens is 424 g/mol. The predicted molar refractivity (Wildman–Crippen MR) is 157 cm³/mol. The zero-order valence-corrected chi connectivity index (χ0v) is 23.9. The highest BCUT2D eigenvalue weighted by Crippen LogP contribution is 2.16. The van der Waals surface area contributed by atoms with E-state index in [1.807, 2.05) is 6.26 Å². The fourth-order valence-electron chi connectivity index (χ4n) is 3.96. The first kappa shape index (κ1) is 30.8. The molecule has 0 aliphatic rings. The molecule has 0 saturated heterocycles. The summed E-state index contributed by atoms with van der Waals surface area (Å²) in [4.78, 5) is 0. The first-order valence-electron chi connectivity index (χ1n) is 13.7. The van der Waals surface area contributed by atoms with Gasteiger partial charge in [0.05, 0.1) is 12.5 Å². The van der Waals surface area contributed by atoms with Crippen molar-refractivity contribution < 1.29 is 4.42 Å². The van der Waals surface area contributed by atoms with Gasteiger partial charge in [-0.2, -0.15) is 0 Å². The van der Waals surface area contributed by atoms with Gasteiger partial charge in [0.25, 0.3) is 0 Å². The monoisotopic (exact) mass is 476 g/mol. The number of furan rings is 1. The molecule has 0 spiro atoms. The maximum atomic E-state index is 5.13. The van der Waals surface area contributed by atoms with Gasteiger partial charge in [0.1, 0.15) is 0 Å². The third kappa shape index (κ3) is 17.8. The summed E-state index contributed by atoms with van der Waals surface area (Å²) >= 11 is 0. The minimum Gasteiger partial charge on any atom is -0.472 e. The van der Waals surface area contributed by atoms with Crippen LogP contribution in [0.4, 0.5) is 0 Å². The van der Waals surface area contributed by atoms with Crippen molar-refractivity contribution in [2.24, 2.45) is 0 Å². The van der Waals surface area contributed by atoms with Crippen LogP contribution in [0.1, 0.15) is 118 Å². The third-order valence-electron chi connectivity index (χ3n) is 6.46. The molecule has 35 heavy (non-hydrogen) atoms. The van der Waals surface area contributed by atoms with E-state index in [9.17, 15) is 0 Å². The van der Waals surface area contributed by atoms with E-state index in [-0.39, 0.29) is 0 Å². The lowest BCUT2D eigenvalue weighted by Gasteiger charge is -2.03. The molecule has 0 atom stereocenters. The minimum atomic E-state index is 1.07. The summed E-state index contributed by atoms with van der Waals surface area (Å²) < 4.78 is 5.13. The van der Waals surface area contributed by atoms with Crippen molar-refractivity contribution >= 4 is 0 Å². The molecule has 0 amide bonds. The zero-order valence-electron chi connectivity index (χ0n) is 23.9. The molecule has 0 radical (unpaired) electrons. The van der Waals surface area contributed by atoms with Gasteiger partial charge < -0.3 is 4.42 Å². The molecule has 0 aliphatic carbocycles. The van der Waals surface area contributed by atoms with E-state index in [4.69, 9.17) is 4.42 Å². The first-order chi connectivity index (χ1) is 16.8. The van der Waals surface area contributed by atoms with Crippen LogP contribution in [0.3, 0.4) is 0 Å². The molecule has 194 valence electrons. The van der Waals surface area contributed by atoms with Gasteiger partial charge in [0.15, 0.2) is 0 Å². The second-order valence-electron chi connectivity index (χ2n) is 10.6. The second-order valence-corrected chi connectivity index (χ2v) is 10.6. The zero-order chi connectivity index (χ0) is 25.9. The Kier molecular flexibility index (Phi) is 16.7. The molecule has 1 rings (SSSR count). The summed E-state index contributed by atoms with van der Waals surface area (Å²) in [7, 11) is 0. The Balaban J connectivity index is 2.20. The van der Waals surface area contributed by atoms with Crippen LogP contribution in [0.2, 0.25) is 0 Å². The van der Waals surface area contributed by atoms with Crippen molar-refractivity contribution in [2.45, 2.75) is 119 Å². The second kappa shape index (κ2) is 19.0. The van der Waals surface area contributed by atoms with E-state index in [0.29, 0.717) is 0 Å². The highest BCUT2D eigenvalue weighted by Gasteiger charge is 1.96. The first-order valence-corrected chi connectivity index (χ1v) is 13.7. The van der Waals surface area contributed by atoms with Crippen molar-refractivity contribution in [3.63, 3.8) is 0 Å². The minimum absolute atomic E-state index is 1.07. The maximum absolute atomic E-state index is 5.13. The molecule has 0 aliphatic heterocycles. The average molecular weight is 477 g/mol.